The molecule has 0 saturated carbocycles. The highest BCUT2D eigenvalue weighted by Gasteiger charge is 2.20. The lowest BCUT2D eigenvalue weighted by atomic mass is 10.0. The largest absolute Gasteiger partial charge is 0.497 e. The minimum absolute atomic E-state index is 0.0429. The molecule has 0 aliphatic heterocycles. The highest BCUT2D eigenvalue weighted by Crippen LogP contribution is 2.26. The van der Waals surface area contributed by atoms with Crippen LogP contribution in [0, 0.1) is 5.41 Å². The van der Waals surface area contributed by atoms with Crippen LogP contribution in [-0.2, 0) is 0 Å². The molecule has 1 heterocycles. The van der Waals surface area contributed by atoms with E-state index in [9.17, 15) is 4.79 Å². The molecule has 0 atom stereocenters. The summed E-state index contributed by atoms with van der Waals surface area (Å²) in [5, 5.41) is 9.00. The van der Waals surface area contributed by atoms with E-state index >= 15 is 0 Å². The number of aromatic amines is 1. The van der Waals surface area contributed by atoms with Crippen LogP contribution in [-0.4, -0.2) is 23.6 Å². The van der Waals surface area contributed by atoms with Crippen LogP contribution < -0.4 is 10.5 Å². The maximum atomic E-state index is 12.9. The van der Waals surface area contributed by atoms with Crippen molar-refractivity contribution < 1.29 is 9.53 Å². The van der Waals surface area contributed by atoms with Crippen molar-refractivity contribution >= 4 is 22.4 Å². The number of rotatable bonds is 3. The molecule has 0 radical (unpaired) electrons. The van der Waals surface area contributed by atoms with Crippen LogP contribution in [0.5, 0.6) is 5.75 Å². The van der Waals surface area contributed by atoms with Gasteiger partial charge >= 0.3 is 0 Å². The molecule has 0 bridgehead atoms. The Balaban J connectivity index is 2.00. The minimum atomic E-state index is -0.0429. The third kappa shape index (κ3) is 2.97. The van der Waals surface area contributed by atoms with Gasteiger partial charge in [0.15, 0.2) is 0 Å². The predicted molar refractivity (Wildman–Crippen MR) is 95.7 cm³/mol. The summed E-state index contributed by atoms with van der Waals surface area (Å²) in [4.78, 5) is 16.1. The summed E-state index contributed by atoms with van der Waals surface area (Å²) in [5.41, 5.74) is 9.77. The van der Waals surface area contributed by atoms with Crippen molar-refractivity contribution in [3.05, 3.63) is 52.9 Å². The van der Waals surface area contributed by atoms with Gasteiger partial charge < -0.3 is 20.9 Å². The lowest BCUT2D eigenvalue weighted by molar-refractivity contribution is 0.102. The molecule has 3 rings (SSSR count). The van der Waals surface area contributed by atoms with E-state index in [0.29, 0.717) is 41.1 Å². The van der Waals surface area contributed by atoms with Gasteiger partial charge in [0.1, 0.15) is 5.75 Å². The Hall–Kier alpha value is -2.82. The predicted octanol–water partition coefficient (Wildman–Crippen LogP) is 3.72. The van der Waals surface area contributed by atoms with Gasteiger partial charge in [-0.15, -0.1) is 0 Å². The van der Waals surface area contributed by atoms with Gasteiger partial charge in [-0.05, 0) is 56.5 Å². The van der Waals surface area contributed by atoms with Crippen molar-refractivity contribution in [3.8, 4) is 5.75 Å². The molecule has 4 N–H and O–H groups in total. The quantitative estimate of drug-likeness (QED) is 0.752. The molecule has 1 aliphatic carbocycles. The number of nitrogens with one attached hydrogen (secondary N) is 2. The summed E-state index contributed by atoms with van der Waals surface area (Å²) >= 11 is 0. The normalized spacial score (nSPS) is 17.4. The Morgan fingerprint density at radius 3 is 2.79 bits per heavy atom. The molecule has 1 aromatic carbocycles. The first kappa shape index (κ1) is 16.1. The van der Waals surface area contributed by atoms with Crippen molar-refractivity contribution in [2.45, 2.75) is 26.2 Å². The number of aromatic nitrogens is 1. The van der Waals surface area contributed by atoms with Gasteiger partial charge in [-0.3, -0.25) is 4.79 Å². The van der Waals surface area contributed by atoms with E-state index in [1.165, 1.54) is 0 Å². The average Bonchev–Trinajstić information content (AvgIpc) is 2.89. The molecule has 0 unspecified atom stereocenters. The summed E-state index contributed by atoms with van der Waals surface area (Å²) in [6.07, 6.45) is 3.85. The number of ether oxygens (including phenoxy) is 1. The number of allylic oxidation sites excluding steroid dienone is 4. The smallest absolute Gasteiger partial charge is 0.205 e. The SMILES string of the molecule is COc1ccc2[nH]c(C(=O)C3=CC(=C(C)N)C(=N)CCC3)cc2c1. The minimum Gasteiger partial charge on any atom is -0.497 e. The Morgan fingerprint density at radius 2 is 2.08 bits per heavy atom. The van der Waals surface area contributed by atoms with E-state index in [4.69, 9.17) is 15.9 Å². The zero-order chi connectivity index (χ0) is 17.3. The molecular formula is C19H21N3O2. The molecule has 1 aromatic heterocycles. The first-order valence-electron chi connectivity index (χ1n) is 7.96. The monoisotopic (exact) mass is 323 g/mol. The van der Waals surface area contributed by atoms with Gasteiger partial charge in [0.2, 0.25) is 5.78 Å². The molecule has 24 heavy (non-hydrogen) atoms. The van der Waals surface area contributed by atoms with Crippen LogP contribution in [0.4, 0.5) is 0 Å². The van der Waals surface area contributed by atoms with E-state index < -0.39 is 0 Å². The maximum absolute atomic E-state index is 12.9. The molecule has 0 fully saturated rings. The molecule has 0 saturated heterocycles. The van der Waals surface area contributed by atoms with E-state index in [2.05, 4.69) is 4.98 Å². The zero-order valence-corrected chi connectivity index (χ0v) is 13.9. The molecule has 0 amide bonds. The lowest BCUT2D eigenvalue weighted by Crippen LogP contribution is -2.07. The Labute approximate surface area is 140 Å². The highest BCUT2D eigenvalue weighted by molar-refractivity contribution is 6.12. The van der Waals surface area contributed by atoms with Crippen molar-refractivity contribution in [3.63, 3.8) is 0 Å². The maximum Gasteiger partial charge on any atom is 0.205 e. The van der Waals surface area contributed by atoms with E-state index in [-0.39, 0.29) is 5.78 Å². The summed E-state index contributed by atoms with van der Waals surface area (Å²) in [5.74, 6) is 0.713. The molecule has 5 nitrogen and oxygen atoms in total. The second-order valence-electron chi connectivity index (χ2n) is 6.06. The average molecular weight is 323 g/mol. The third-order valence-corrected chi connectivity index (χ3v) is 4.31. The van der Waals surface area contributed by atoms with E-state index in [1.807, 2.05) is 24.3 Å². The number of Topliss-reactive ketones (excluding diaryl/α,β-unsaturated/α-hetero) is 1. The van der Waals surface area contributed by atoms with Gasteiger partial charge in [0.05, 0.1) is 12.8 Å². The van der Waals surface area contributed by atoms with Crippen LogP contribution in [0.2, 0.25) is 0 Å². The fourth-order valence-electron chi connectivity index (χ4n) is 2.99. The van der Waals surface area contributed by atoms with Gasteiger partial charge in [0.25, 0.3) is 0 Å². The number of fused-ring (bicyclic) bond motifs is 1. The van der Waals surface area contributed by atoms with Gasteiger partial charge in [-0.2, -0.15) is 0 Å². The van der Waals surface area contributed by atoms with Gasteiger partial charge in [-0.25, -0.2) is 0 Å². The fourth-order valence-corrected chi connectivity index (χ4v) is 2.99. The van der Waals surface area contributed by atoms with Crippen LogP contribution in [0.25, 0.3) is 10.9 Å². The number of carbonyl (C=O) groups excluding carboxylic acids is 1. The first-order chi connectivity index (χ1) is 11.5. The first-order valence-corrected chi connectivity index (χ1v) is 7.96. The summed E-state index contributed by atoms with van der Waals surface area (Å²) in [7, 11) is 1.62. The van der Waals surface area contributed by atoms with Crippen molar-refractivity contribution in [1.29, 1.82) is 5.41 Å². The van der Waals surface area contributed by atoms with Crippen LogP contribution >= 0.6 is 0 Å². The number of methoxy groups -OCH3 is 1. The molecule has 2 aromatic rings. The Kier molecular flexibility index (Phi) is 4.25. The van der Waals surface area contributed by atoms with Crippen molar-refractivity contribution in [2.75, 3.05) is 7.11 Å². The number of benzene rings is 1. The second kappa shape index (κ2) is 6.35. The van der Waals surface area contributed by atoms with Crippen LogP contribution in [0.15, 0.2) is 47.2 Å². The van der Waals surface area contributed by atoms with E-state index in [1.54, 1.807) is 20.1 Å². The molecular weight excluding hydrogens is 302 g/mol. The summed E-state index contributed by atoms with van der Waals surface area (Å²) in [6.45, 7) is 1.77. The summed E-state index contributed by atoms with van der Waals surface area (Å²) < 4.78 is 5.22. The lowest BCUT2D eigenvalue weighted by Gasteiger charge is -2.04. The molecule has 5 heteroatoms. The number of carbonyl (C=O) groups is 1. The third-order valence-electron chi connectivity index (χ3n) is 4.31. The summed E-state index contributed by atoms with van der Waals surface area (Å²) in [6, 6.07) is 7.50. The Morgan fingerprint density at radius 1 is 1.29 bits per heavy atom. The molecule has 1 aliphatic rings. The number of hydrogen-bond acceptors (Lipinski definition) is 4. The van der Waals surface area contributed by atoms with Crippen LogP contribution in [0.3, 0.4) is 0 Å². The Bertz CT molecular complexity index is 883. The number of H-pyrrole nitrogens is 1. The number of hydrogen-bond donors (Lipinski definition) is 3. The molecule has 0 spiro atoms. The van der Waals surface area contributed by atoms with E-state index in [0.717, 1.165) is 23.1 Å². The van der Waals surface area contributed by atoms with Gasteiger partial charge in [0, 0.05) is 33.5 Å². The fraction of sp³-hybridized carbons (Fsp3) is 0.263. The standard InChI is InChI=1S/C19H21N3O2/c1-11(20)15-9-12(4-3-5-16(15)21)19(23)18-10-13-8-14(24-2)6-7-17(13)22-18/h6-10,21-22H,3-5,20H2,1-2H3. The number of nitrogens with two attached hydrogens (primary N) is 1. The highest BCUT2D eigenvalue weighted by atomic mass is 16.5. The van der Waals surface area contributed by atoms with Crippen molar-refractivity contribution in [1.82, 2.24) is 4.98 Å². The van der Waals surface area contributed by atoms with Crippen LogP contribution in [0.1, 0.15) is 36.7 Å². The topological polar surface area (TPSA) is 92.0 Å². The zero-order valence-electron chi connectivity index (χ0n) is 13.9. The molecule has 124 valence electrons. The van der Waals surface area contributed by atoms with Crippen molar-refractivity contribution in [2.24, 2.45) is 5.73 Å². The number of ketones is 1. The van der Waals surface area contributed by atoms with Gasteiger partial charge in [-0.1, -0.05) is 0 Å². The second-order valence-corrected chi connectivity index (χ2v) is 6.06.